The summed E-state index contributed by atoms with van der Waals surface area (Å²) in [6.07, 6.45) is 3.35. The first-order valence-electron chi connectivity index (χ1n) is 14.1. The maximum atomic E-state index is 13.9. The molecular formula is C31H41ClF2N4O4. The van der Waals surface area contributed by atoms with Gasteiger partial charge < -0.3 is 25.1 Å². The molecule has 2 aromatic carbocycles. The third kappa shape index (κ3) is 10.2. The van der Waals surface area contributed by atoms with Crippen LogP contribution in [0.25, 0.3) is 11.5 Å². The topological polar surface area (TPSA) is 108 Å². The third-order valence-corrected chi connectivity index (χ3v) is 6.46. The van der Waals surface area contributed by atoms with Gasteiger partial charge in [0, 0.05) is 42.4 Å². The Bertz CT molecular complexity index is 1260. The van der Waals surface area contributed by atoms with Gasteiger partial charge in [0.25, 0.3) is 11.8 Å². The fraction of sp³-hybridized carbons (Fsp3) is 0.452. The molecule has 3 rings (SSSR count). The average molecular weight is 607 g/mol. The number of hydrogen-bond acceptors (Lipinski definition) is 6. The van der Waals surface area contributed by atoms with E-state index in [-0.39, 0.29) is 48.3 Å². The minimum Gasteiger partial charge on any atom is -0.445 e. The second-order valence-electron chi connectivity index (χ2n) is 10.6. The number of amides is 2. The number of nitrogens with one attached hydrogen (secondary N) is 2. The summed E-state index contributed by atoms with van der Waals surface area (Å²) in [5, 5.41) is 17.0. The molecule has 0 aliphatic heterocycles. The number of oxazole rings is 1. The Kier molecular flexibility index (Phi) is 14.1. The molecule has 0 aliphatic rings. The molecular weight excluding hydrogens is 566 g/mol. The van der Waals surface area contributed by atoms with Gasteiger partial charge in [-0.2, -0.15) is 0 Å². The van der Waals surface area contributed by atoms with Crippen LogP contribution in [-0.2, 0) is 6.42 Å². The molecule has 0 spiro atoms. The zero-order chi connectivity index (χ0) is 29.9. The highest BCUT2D eigenvalue weighted by atomic mass is 35.5. The molecule has 0 aliphatic carbocycles. The molecule has 230 valence electrons. The van der Waals surface area contributed by atoms with Gasteiger partial charge in [-0.25, -0.2) is 13.8 Å². The normalized spacial score (nSPS) is 12.5. The Morgan fingerprint density at radius 2 is 1.62 bits per heavy atom. The molecule has 0 unspecified atom stereocenters. The van der Waals surface area contributed by atoms with Crippen molar-refractivity contribution in [1.82, 2.24) is 20.5 Å². The van der Waals surface area contributed by atoms with E-state index in [1.54, 1.807) is 17.0 Å². The van der Waals surface area contributed by atoms with Gasteiger partial charge in [0.1, 0.15) is 17.9 Å². The zero-order valence-electron chi connectivity index (χ0n) is 24.5. The summed E-state index contributed by atoms with van der Waals surface area (Å²) in [6.45, 7) is 9.96. The van der Waals surface area contributed by atoms with Gasteiger partial charge >= 0.3 is 0 Å². The van der Waals surface area contributed by atoms with Crippen molar-refractivity contribution in [3.63, 3.8) is 0 Å². The lowest BCUT2D eigenvalue weighted by molar-refractivity contribution is 0.0755. The molecule has 0 saturated carbocycles. The Balaban J connectivity index is 0.00000616. The van der Waals surface area contributed by atoms with Crippen LogP contribution in [0.2, 0.25) is 0 Å². The number of carbonyl (C=O) groups excluding carboxylic acids is 2. The van der Waals surface area contributed by atoms with Crippen molar-refractivity contribution in [1.29, 1.82) is 0 Å². The molecule has 42 heavy (non-hydrogen) atoms. The first-order valence-corrected chi connectivity index (χ1v) is 14.1. The number of rotatable bonds is 15. The van der Waals surface area contributed by atoms with Gasteiger partial charge in [-0.1, -0.05) is 27.7 Å². The standard InChI is InChI=1S/C31H40F2N4O4.ClH/c1-5-8-37(9-6-2)31(40)24-15-22(14-23(16-24)30-35-7-10-41-30)29(39)36-27(28(38)19-34-18-20(3)4)13-21-11-25(32)17-26(33)12-21;/h7,10-12,14-17,20,27-28,34,38H,5-6,8-9,13,18-19H2,1-4H3,(H,36,39);1H/t27-,28+;/m0./s1. The number of aliphatic hydroxyl groups excluding tert-OH is 1. The Labute approximate surface area is 252 Å². The van der Waals surface area contributed by atoms with E-state index in [0.29, 0.717) is 36.7 Å². The maximum absolute atomic E-state index is 13.9. The molecule has 0 radical (unpaired) electrons. The summed E-state index contributed by atoms with van der Waals surface area (Å²) < 4.78 is 33.3. The molecule has 0 saturated heterocycles. The molecule has 0 fully saturated rings. The van der Waals surface area contributed by atoms with E-state index in [1.807, 2.05) is 27.7 Å². The molecule has 1 aromatic heterocycles. The number of benzene rings is 2. The highest BCUT2D eigenvalue weighted by molar-refractivity contribution is 6.01. The smallest absolute Gasteiger partial charge is 0.253 e. The quantitative estimate of drug-likeness (QED) is 0.218. The minimum absolute atomic E-state index is 0. The van der Waals surface area contributed by atoms with E-state index < -0.39 is 29.7 Å². The Hall–Kier alpha value is -3.34. The lowest BCUT2D eigenvalue weighted by atomic mass is 9.99. The van der Waals surface area contributed by atoms with Gasteiger partial charge in [0.05, 0.1) is 18.3 Å². The van der Waals surface area contributed by atoms with Crippen molar-refractivity contribution in [2.45, 2.75) is 59.1 Å². The average Bonchev–Trinajstić information content (AvgIpc) is 3.46. The highest BCUT2D eigenvalue weighted by Crippen LogP contribution is 2.23. The lowest BCUT2D eigenvalue weighted by Gasteiger charge is -2.26. The number of nitrogens with zero attached hydrogens (tertiary/aromatic N) is 2. The Morgan fingerprint density at radius 1 is 0.976 bits per heavy atom. The van der Waals surface area contributed by atoms with Gasteiger partial charge in [-0.05, 0) is 67.6 Å². The lowest BCUT2D eigenvalue weighted by Crippen LogP contribution is -2.49. The van der Waals surface area contributed by atoms with Crippen molar-refractivity contribution in [3.05, 3.63) is 77.2 Å². The summed E-state index contributed by atoms with van der Waals surface area (Å²) in [5.74, 6) is -1.70. The summed E-state index contributed by atoms with van der Waals surface area (Å²) in [5.41, 5.74) is 1.20. The van der Waals surface area contributed by atoms with Crippen molar-refractivity contribution < 1.29 is 27.9 Å². The molecule has 2 amide bonds. The SMILES string of the molecule is CCCN(CCC)C(=O)c1cc(C(=O)N[C@@H](Cc2cc(F)cc(F)c2)[C@H](O)CNCC(C)C)cc(-c2ncco2)c1.Cl. The number of aromatic nitrogens is 1. The largest absolute Gasteiger partial charge is 0.445 e. The van der Waals surface area contributed by atoms with Crippen LogP contribution >= 0.6 is 12.4 Å². The fourth-order valence-corrected chi connectivity index (χ4v) is 4.59. The van der Waals surface area contributed by atoms with E-state index in [9.17, 15) is 23.5 Å². The molecule has 3 N–H and O–H groups in total. The van der Waals surface area contributed by atoms with Crippen molar-refractivity contribution in [3.8, 4) is 11.5 Å². The van der Waals surface area contributed by atoms with Crippen LogP contribution in [0.1, 0.15) is 66.8 Å². The molecule has 3 aromatic rings. The second kappa shape index (κ2) is 16.9. The predicted molar refractivity (Wildman–Crippen MR) is 161 cm³/mol. The van der Waals surface area contributed by atoms with E-state index >= 15 is 0 Å². The second-order valence-corrected chi connectivity index (χ2v) is 10.6. The highest BCUT2D eigenvalue weighted by Gasteiger charge is 2.25. The molecule has 8 nitrogen and oxygen atoms in total. The van der Waals surface area contributed by atoms with E-state index in [4.69, 9.17) is 4.42 Å². The van der Waals surface area contributed by atoms with E-state index in [2.05, 4.69) is 15.6 Å². The third-order valence-electron chi connectivity index (χ3n) is 6.46. The number of hydrogen-bond donors (Lipinski definition) is 3. The molecule has 11 heteroatoms. The van der Waals surface area contributed by atoms with Crippen LogP contribution < -0.4 is 10.6 Å². The van der Waals surface area contributed by atoms with Crippen LogP contribution in [-0.4, -0.2) is 65.1 Å². The fourth-order valence-electron chi connectivity index (χ4n) is 4.59. The summed E-state index contributed by atoms with van der Waals surface area (Å²) in [6, 6.07) is 6.93. The first kappa shape index (κ1) is 34.9. The zero-order valence-corrected chi connectivity index (χ0v) is 25.3. The summed E-state index contributed by atoms with van der Waals surface area (Å²) in [4.78, 5) is 33.0. The molecule has 2 atom stereocenters. The molecule has 0 bridgehead atoms. The summed E-state index contributed by atoms with van der Waals surface area (Å²) >= 11 is 0. The number of aliphatic hydroxyl groups is 1. The predicted octanol–water partition coefficient (Wildman–Crippen LogP) is 5.25. The van der Waals surface area contributed by atoms with Crippen LogP contribution in [0.5, 0.6) is 0 Å². The molecule has 1 heterocycles. The van der Waals surface area contributed by atoms with E-state index in [0.717, 1.165) is 18.9 Å². The van der Waals surface area contributed by atoms with Crippen LogP contribution in [0, 0.1) is 17.6 Å². The van der Waals surface area contributed by atoms with Crippen LogP contribution in [0.4, 0.5) is 8.78 Å². The maximum Gasteiger partial charge on any atom is 0.253 e. The van der Waals surface area contributed by atoms with Crippen molar-refractivity contribution >= 4 is 24.2 Å². The van der Waals surface area contributed by atoms with Gasteiger partial charge in [0.2, 0.25) is 5.89 Å². The van der Waals surface area contributed by atoms with Gasteiger partial charge in [0.15, 0.2) is 0 Å². The monoisotopic (exact) mass is 606 g/mol. The minimum atomic E-state index is -1.07. The van der Waals surface area contributed by atoms with E-state index in [1.165, 1.54) is 30.7 Å². The number of carbonyl (C=O) groups is 2. The van der Waals surface area contributed by atoms with Gasteiger partial charge in [-0.3, -0.25) is 9.59 Å². The van der Waals surface area contributed by atoms with Crippen LogP contribution in [0.15, 0.2) is 53.3 Å². The summed E-state index contributed by atoms with van der Waals surface area (Å²) in [7, 11) is 0. The van der Waals surface area contributed by atoms with Crippen molar-refractivity contribution in [2.75, 3.05) is 26.2 Å². The van der Waals surface area contributed by atoms with Crippen molar-refractivity contribution in [2.24, 2.45) is 5.92 Å². The van der Waals surface area contributed by atoms with Gasteiger partial charge in [-0.15, -0.1) is 12.4 Å². The first-order chi connectivity index (χ1) is 19.6. The number of halogens is 3. The van der Waals surface area contributed by atoms with Crippen LogP contribution in [0.3, 0.4) is 0 Å². The Morgan fingerprint density at radius 3 is 2.19 bits per heavy atom.